The molecule has 6 nitrogen and oxygen atoms in total. The molecule has 6 heteroatoms. The molecule has 1 atom stereocenters. The molecule has 4 heterocycles. The highest BCUT2D eigenvalue weighted by Crippen LogP contribution is 2.22. The van der Waals surface area contributed by atoms with E-state index < -0.39 is 0 Å². The largest absolute Gasteiger partial charge is 0.381 e. The quantitative estimate of drug-likeness (QED) is 0.733. The molecule has 3 aromatic heterocycles. The first kappa shape index (κ1) is 12.5. The number of aryl methyl sites for hydroxylation is 2. The van der Waals surface area contributed by atoms with Crippen LogP contribution < -0.4 is 0 Å². The van der Waals surface area contributed by atoms with Gasteiger partial charge in [0.25, 0.3) is 0 Å². The van der Waals surface area contributed by atoms with Gasteiger partial charge in [-0.05, 0) is 25.0 Å². The summed E-state index contributed by atoms with van der Waals surface area (Å²) in [5.41, 5.74) is 1.99. The number of imidazole rings is 1. The van der Waals surface area contributed by atoms with Crippen molar-refractivity contribution >= 4 is 5.65 Å². The molecule has 0 saturated carbocycles. The molecule has 0 amide bonds. The third kappa shape index (κ3) is 2.54. The van der Waals surface area contributed by atoms with E-state index in [9.17, 15) is 0 Å². The van der Waals surface area contributed by atoms with Crippen LogP contribution in [0, 0.1) is 0 Å². The maximum absolute atomic E-state index is 5.35. The fourth-order valence-corrected chi connectivity index (χ4v) is 2.62. The average Bonchev–Trinajstić information content (AvgIpc) is 3.23. The Hall–Kier alpha value is -2.21. The van der Waals surface area contributed by atoms with Gasteiger partial charge in [-0.2, -0.15) is 4.98 Å². The Balaban J connectivity index is 1.44. The molecule has 0 bridgehead atoms. The minimum absolute atomic E-state index is 0.290. The van der Waals surface area contributed by atoms with Crippen molar-refractivity contribution in [2.45, 2.75) is 25.2 Å². The summed E-state index contributed by atoms with van der Waals surface area (Å²) >= 11 is 0. The number of rotatable bonds is 4. The lowest BCUT2D eigenvalue weighted by molar-refractivity contribution is 0.192. The molecule has 1 aliphatic rings. The lowest BCUT2D eigenvalue weighted by Gasteiger charge is -1.97. The van der Waals surface area contributed by atoms with Gasteiger partial charge in [0.05, 0.1) is 12.3 Å². The summed E-state index contributed by atoms with van der Waals surface area (Å²) in [6.07, 6.45) is 6.52. The molecule has 108 valence electrons. The van der Waals surface area contributed by atoms with Crippen LogP contribution in [-0.4, -0.2) is 32.7 Å². The molecule has 0 radical (unpaired) electrons. The van der Waals surface area contributed by atoms with Gasteiger partial charge in [0.15, 0.2) is 5.82 Å². The number of ether oxygens (including phenoxy) is 1. The summed E-state index contributed by atoms with van der Waals surface area (Å²) in [5, 5.41) is 4.06. The van der Waals surface area contributed by atoms with Gasteiger partial charge >= 0.3 is 0 Å². The smallest absolute Gasteiger partial charge is 0.227 e. The van der Waals surface area contributed by atoms with Crippen LogP contribution in [0.25, 0.3) is 5.65 Å². The van der Waals surface area contributed by atoms with E-state index in [1.807, 2.05) is 35.0 Å². The SMILES string of the molecule is c1ccn2cc(CCc3nc(C4CCOC4)no3)nc2c1. The van der Waals surface area contributed by atoms with Gasteiger partial charge in [-0.15, -0.1) is 0 Å². The fourth-order valence-electron chi connectivity index (χ4n) is 2.62. The standard InChI is InChI=1S/C15H16N4O2/c1-2-7-19-9-12(16-13(19)3-1)4-5-14-17-15(18-21-14)11-6-8-20-10-11/h1-3,7,9,11H,4-6,8,10H2. The van der Waals surface area contributed by atoms with Crippen molar-refractivity contribution in [3.05, 3.63) is 48.0 Å². The van der Waals surface area contributed by atoms with Gasteiger partial charge < -0.3 is 13.7 Å². The monoisotopic (exact) mass is 284 g/mol. The number of aromatic nitrogens is 4. The fraction of sp³-hybridized carbons (Fsp3) is 0.400. The lowest BCUT2D eigenvalue weighted by atomic mass is 10.1. The molecular weight excluding hydrogens is 268 g/mol. The first-order valence-electron chi connectivity index (χ1n) is 7.21. The van der Waals surface area contributed by atoms with E-state index >= 15 is 0 Å². The predicted molar refractivity (Wildman–Crippen MR) is 75.1 cm³/mol. The Morgan fingerprint density at radius 3 is 3.10 bits per heavy atom. The number of pyridine rings is 1. The predicted octanol–water partition coefficient (Wildman–Crippen LogP) is 2.01. The highest BCUT2D eigenvalue weighted by Gasteiger charge is 2.23. The minimum atomic E-state index is 0.290. The number of hydrogen-bond donors (Lipinski definition) is 0. The van der Waals surface area contributed by atoms with Gasteiger partial charge in [0.2, 0.25) is 5.89 Å². The topological polar surface area (TPSA) is 65.5 Å². The normalized spacial score (nSPS) is 18.6. The van der Waals surface area contributed by atoms with E-state index in [1.54, 1.807) is 0 Å². The summed E-state index contributed by atoms with van der Waals surface area (Å²) in [6, 6.07) is 5.97. The molecular formula is C15H16N4O2. The van der Waals surface area contributed by atoms with Crippen molar-refractivity contribution < 1.29 is 9.26 Å². The summed E-state index contributed by atoms with van der Waals surface area (Å²) in [4.78, 5) is 9.03. The highest BCUT2D eigenvalue weighted by atomic mass is 16.5. The van der Waals surface area contributed by atoms with E-state index in [0.717, 1.165) is 36.6 Å². The molecule has 0 spiro atoms. The maximum atomic E-state index is 5.35. The lowest BCUT2D eigenvalue weighted by Crippen LogP contribution is -2.00. The zero-order valence-corrected chi connectivity index (χ0v) is 11.6. The van der Waals surface area contributed by atoms with Crippen LogP contribution in [0.2, 0.25) is 0 Å². The van der Waals surface area contributed by atoms with Gasteiger partial charge in [0, 0.05) is 31.3 Å². The Bertz CT molecular complexity index is 710. The van der Waals surface area contributed by atoms with Crippen LogP contribution in [0.3, 0.4) is 0 Å². The van der Waals surface area contributed by atoms with E-state index in [-0.39, 0.29) is 5.92 Å². The molecule has 1 unspecified atom stereocenters. The summed E-state index contributed by atoms with van der Waals surface area (Å²) in [6.45, 7) is 1.49. The van der Waals surface area contributed by atoms with Gasteiger partial charge in [-0.3, -0.25) is 0 Å². The average molecular weight is 284 g/mol. The van der Waals surface area contributed by atoms with Crippen LogP contribution in [-0.2, 0) is 17.6 Å². The summed E-state index contributed by atoms with van der Waals surface area (Å²) in [7, 11) is 0. The first-order valence-corrected chi connectivity index (χ1v) is 7.21. The van der Waals surface area contributed by atoms with Crippen molar-refractivity contribution in [3.8, 4) is 0 Å². The first-order chi connectivity index (χ1) is 10.4. The van der Waals surface area contributed by atoms with Crippen LogP contribution in [0.4, 0.5) is 0 Å². The van der Waals surface area contributed by atoms with Crippen LogP contribution in [0.1, 0.15) is 29.7 Å². The van der Waals surface area contributed by atoms with Crippen molar-refractivity contribution in [1.82, 2.24) is 19.5 Å². The number of fused-ring (bicyclic) bond motifs is 1. The highest BCUT2D eigenvalue weighted by molar-refractivity contribution is 5.39. The Morgan fingerprint density at radius 1 is 1.24 bits per heavy atom. The second-order valence-electron chi connectivity index (χ2n) is 5.31. The molecule has 0 N–H and O–H groups in total. The molecule has 1 aliphatic heterocycles. The molecule has 0 aromatic carbocycles. The molecule has 4 rings (SSSR count). The van der Waals surface area contributed by atoms with Crippen LogP contribution in [0.15, 0.2) is 35.1 Å². The van der Waals surface area contributed by atoms with E-state index in [4.69, 9.17) is 9.26 Å². The van der Waals surface area contributed by atoms with Crippen molar-refractivity contribution in [1.29, 1.82) is 0 Å². The minimum Gasteiger partial charge on any atom is -0.381 e. The van der Waals surface area contributed by atoms with Gasteiger partial charge in [0.1, 0.15) is 5.65 Å². The molecule has 1 fully saturated rings. The summed E-state index contributed by atoms with van der Waals surface area (Å²) < 4.78 is 12.7. The van der Waals surface area contributed by atoms with Crippen molar-refractivity contribution in [2.75, 3.05) is 13.2 Å². The third-order valence-electron chi connectivity index (χ3n) is 3.79. The zero-order valence-electron chi connectivity index (χ0n) is 11.6. The number of hydrogen-bond acceptors (Lipinski definition) is 5. The van der Waals surface area contributed by atoms with Gasteiger partial charge in [-0.1, -0.05) is 11.2 Å². The van der Waals surface area contributed by atoms with Crippen LogP contribution in [0.5, 0.6) is 0 Å². The van der Waals surface area contributed by atoms with Crippen molar-refractivity contribution in [3.63, 3.8) is 0 Å². The third-order valence-corrected chi connectivity index (χ3v) is 3.79. The Labute approximate surface area is 121 Å². The molecule has 1 saturated heterocycles. The van der Waals surface area contributed by atoms with Crippen LogP contribution >= 0.6 is 0 Å². The van der Waals surface area contributed by atoms with Crippen molar-refractivity contribution in [2.24, 2.45) is 0 Å². The van der Waals surface area contributed by atoms with E-state index in [1.165, 1.54) is 0 Å². The second-order valence-corrected chi connectivity index (χ2v) is 5.31. The maximum Gasteiger partial charge on any atom is 0.227 e. The van der Waals surface area contributed by atoms with E-state index in [2.05, 4.69) is 15.1 Å². The Morgan fingerprint density at radius 2 is 2.24 bits per heavy atom. The Kier molecular flexibility index (Phi) is 3.16. The number of nitrogens with zero attached hydrogens (tertiary/aromatic N) is 4. The molecule has 21 heavy (non-hydrogen) atoms. The van der Waals surface area contributed by atoms with E-state index in [0.29, 0.717) is 18.9 Å². The second kappa shape index (κ2) is 5.29. The molecule has 0 aliphatic carbocycles. The van der Waals surface area contributed by atoms with Gasteiger partial charge in [-0.25, -0.2) is 4.98 Å². The zero-order chi connectivity index (χ0) is 14.1. The molecule has 3 aromatic rings. The summed E-state index contributed by atoms with van der Waals surface area (Å²) in [5.74, 6) is 1.74.